The van der Waals surface area contributed by atoms with Crippen molar-refractivity contribution >= 4 is 28.3 Å². The summed E-state index contributed by atoms with van der Waals surface area (Å²) < 4.78 is 0.736. The van der Waals surface area contributed by atoms with Crippen LogP contribution in [0.25, 0.3) is 0 Å². The molecule has 0 aromatic carbocycles. The molecule has 17 heavy (non-hydrogen) atoms. The second-order valence-electron chi connectivity index (χ2n) is 3.65. The number of hydrogen-bond acceptors (Lipinski definition) is 4. The zero-order valence-corrected chi connectivity index (χ0v) is 11.6. The molecular weight excluding hydrogens is 250 g/mol. The Morgan fingerprint density at radius 3 is 3.00 bits per heavy atom. The Labute approximate surface area is 112 Å². The van der Waals surface area contributed by atoms with Crippen LogP contribution in [0.5, 0.6) is 0 Å². The van der Waals surface area contributed by atoms with E-state index in [4.69, 9.17) is 17.5 Å². The lowest BCUT2D eigenvalue weighted by molar-refractivity contribution is 0.912. The summed E-state index contributed by atoms with van der Waals surface area (Å²) in [7, 11) is 0. The summed E-state index contributed by atoms with van der Waals surface area (Å²) in [6.07, 6.45) is 2.40. The lowest BCUT2D eigenvalue weighted by atomic mass is 10.1. The maximum absolute atomic E-state index is 8.41. The van der Waals surface area contributed by atoms with Crippen LogP contribution in [0.15, 0.2) is 12.3 Å². The Bertz CT molecular complexity index is 438. The van der Waals surface area contributed by atoms with Crippen LogP contribution < -0.4 is 5.32 Å². The van der Waals surface area contributed by atoms with Gasteiger partial charge < -0.3 is 5.32 Å². The van der Waals surface area contributed by atoms with Gasteiger partial charge in [-0.05, 0) is 31.0 Å². The molecule has 0 bridgehead atoms. The SMILES string of the molecule is Cc1cc(C)c(CNC(=S)SCCC#N)cn1. The maximum Gasteiger partial charge on any atom is 0.134 e. The van der Waals surface area contributed by atoms with Crippen molar-refractivity contribution in [1.82, 2.24) is 10.3 Å². The third-order valence-corrected chi connectivity index (χ3v) is 3.54. The van der Waals surface area contributed by atoms with Crippen LogP contribution in [0.4, 0.5) is 0 Å². The number of aromatic nitrogens is 1. The molecule has 0 unspecified atom stereocenters. The van der Waals surface area contributed by atoms with Gasteiger partial charge in [-0.2, -0.15) is 5.26 Å². The van der Waals surface area contributed by atoms with E-state index in [1.165, 1.54) is 17.3 Å². The molecule has 0 aliphatic heterocycles. The van der Waals surface area contributed by atoms with E-state index in [-0.39, 0.29) is 0 Å². The van der Waals surface area contributed by atoms with Gasteiger partial charge in [0.05, 0.1) is 6.07 Å². The van der Waals surface area contributed by atoms with Crippen molar-refractivity contribution in [2.75, 3.05) is 5.75 Å². The molecule has 0 amide bonds. The Balaban J connectivity index is 2.40. The van der Waals surface area contributed by atoms with Gasteiger partial charge in [0, 0.05) is 30.6 Å². The average Bonchev–Trinajstić information content (AvgIpc) is 2.28. The molecule has 1 N–H and O–H groups in total. The van der Waals surface area contributed by atoms with Gasteiger partial charge in [-0.15, -0.1) is 0 Å². The van der Waals surface area contributed by atoms with Crippen LogP contribution in [0.1, 0.15) is 23.2 Å². The molecule has 0 saturated carbocycles. The number of aryl methyl sites for hydroxylation is 2. The summed E-state index contributed by atoms with van der Waals surface area (Å²) >= 11 is 6.66. The first-order valence-electron chi connectivity index (χ1n) is 5.33. The standard InChI is InChI=1S/C12H15N3S2/c1-9-6-10(2)14-7-11(9)8-15-12(16)17-5-3-4-13/h6-7H,3,5,8H2,1-2H3,(H,15,16). The summed E-state index contributed by atoms with van der Waals surface area (Å²) in [5.41, 5.74) is 3.39. The van der Waals surface area contributed by atoms with Crippen LogP contribution in [0, 0.1) is 25.2 Å². The monoisotopic (exact) mass is 265 g/mol. The van der Waals surface area contributed by atoms with Crippen molar-refractivity contribution in [2.45, 2.75) is 26.8 Å². The van der Waals surface area contributed by atoms with E-state index in [2.05, 4.69) is 29.4 Å². The topological polar surface area (TPSA) is 48.7 Å². The first-order chi connectivity index (χ1) is 8.13. The van der Waals surface area contributed by atoms with Crippen LogP contribution in [0.3, 0.4) is 0 Å². The van der Waals surface area contributed by atoms with Crippen LogP contribution >= 0.6 is 24.0 Å². The van der Waals surface area contributed by atoms with E-state index < -0.39 is 0 Å². The molecule has 1 rings (SSSR count). The molecule has 0 atom stereocenters. The maximum atomic E-state index is 8.41. The van der Waals surface area contributed by atoms with E-state index in [0.717, 1.165) is 21.3 Å². The number of nitrogens with zero attached hydrogens (tertiary/aromatic N) is 2. The number of nitriles is 1. The van der Waals surface area contributed by atoms with Gasteiger partial charge in [0.25, 0.3) is 0 Å². The first kappa shape index (κ1) is 13.9. The number of nitrogens with one attached hydrogen (secondary N) is 1. The number of hydrogen-bond donors (Lipinski definition) is 1. The lowest BCUT2D eigenvalue weighted by Crippen LogP contribution is -2.18. The van der Waals surface area contributed by atoms with Gasteiger partial charge in [0.2, 0.25) is 0 Å². The van der Waals surface area contributed by atoms with Crippen molar-refractivity contribution in [1.29, 1.82) is 5.26 Å². The summed E-state index contributed by atoms with van der Waals surface area (Å²) in [5.74, 6) is 0.744. The van der Waals surface area contributed by atoms with Crippen molar-refractivity contribution < 1.29 is 0 Å². The molecule has 0 aliphatic rings. The second-order valence-corrected chi connectivity index (χ2v) is 5.42. The van der Waals surface area contributed by atoms with Crippen LogP contribution in [-0.4, -0.2) is 15.1 Å². The Morgan fingerprint density at radius 1 is 1.59 bits per heavy atom. The van der Waals surface area contributed by atoms with E-state index in [0.29, 0.717) is 13.0 Å². The summed E-state index contributed by atoms with van der Waals surface area (Å²) in [6.45, 7) is 4.74. The average molecular weight is 265 g/mol. The number of rotatable bonds is 4. The minimum Gasteiger partial charge on any atom is -0.367 e. The smallest absolute Gasteiger partial charge is 0.134 e. The second kappa shape index (κ2) is 7.25. The van der Waals surface area contributed by atoms with Crippen molar-refractivity contribution in [3.8, 4) is 6.07 Å². The molecule has 1 aromatic heterocycles. The fourth-order valence-corrected chi connectivity index (χ4v) is 2.19. The van der Waals surface area contributed by atoms with Gasteiger partial charge in [-0.1, -0.05) is 24.0 Å². The molecule has 0 spiro atoms. The molecule has 0 fully saturated rings. The quantitative estimate of drug-likeness (QED) is 0.670. The third kappa shape index (κ3) is 5.16. The third-order valence-electron chi connectivity index (χ3n) is 2.23. The molecule has 5 heteroatoms. The summed E-state index contributed by atoms with van der Waals surface area (Å²) in [5, 5.41) is 11.6. The number of thiocarbonyl (C=S) groups is 1. The highest BCUT2D eigenvalue weighted by Crippen LogP contribution is 2.09. The zero-order valence-electron chi connectivity index (χ0n) is 9.99. The molecule has 0 aliphatic carbocycles. The van der Waals surface area contributed by atoms with E-state index in [1.807, 2.05) is 13.1 Å². The van der Waals surface area contributed by atoms with Crippen LogP contribution in [0.2, 0.25) is 0 Å². The number of pyridine rings is 1. The highest BCUT2D eigenvalue weighted by Gasteiger charge is 2.01. The fourth-order valence-electron chi connectivity index (χ4n) is 1.32. The molecule has 0 radical (unpaired) electrons. The van der Waals surface area contributed by atoms with Crippen molar-refractivity contribution in [3.05, 3.63) is 29.1 Å². The minimum atomic E-state index is 0.525. The van der Waals surface area contributed by atoms with E-state index in [9.17, 15) is 0 Å². The largest absolute Gasteiger partial charge is 0.367 e. The van der Waals surface area contributed by atoms with Gasteiger partial charge >= 0.3 is 0 Å². The first-order valence-corrected chi connectivity index (χ1v) is 6.72. The number of thioether (sulfide) groups is 1. The minimum absolute atomic E-state index is 0.525. The van der Waals surface area contributed by atoms with Gasteiger partial charge in [0.1, 0.15) is 4.32 Å². The predicted octanol–water partition coefficient (Wildman–Crippen LogP) is 2.72. The Morgan fingerprint density at radius 2 is 2.35 bits per heavy atom. The van der Waals surface area contributed by atoms with Crippen molar-refractivity contribution in [3.63, 3.8) is 0 Å². The molecule has 1 aromatic rings. The molecule has 1 heterocycles. The van der Waals surface area contributed by atoms with Gasteiger partial charge in [-0.3, -0.25) is 4.98 Å². The zero-order chi connectivity index (χ0) is 12.7. The normalized spacial score (nSPS) is 9.71. The van der Waals surface area contributed by atoms with Crippen molar-refractivity contribution in [2.24, 2.45) is 0 Å². The van der Waals surface area contributed by atoms with Gasteiger partial charge in [-0.25, -0.2) is 0 Å². The molecule has 3 nitrogen and oxygen atoms in total. The molecule has 0 saturated heterocycles. The Hall–Kier alpha value is -1.12. The van der Waals surface area contributed by atoms with Crippen LogP contribution in [-0.2, 0) is 6.54 Å². The highest BCUT2D eigenvalue weighted by molar-refractivity contribution is 8.22. The fraction of sp³-hybridized carbons (Fsp3) is 0.417. The van der Waals surface area contributed by atoms with Gasteiger partial charge in [0.15, 0.2) is 0 Å². The molecular formula is C12H15N3S2. The lowest BCUT2D eigenvalue weighted by Gasteiger charge is -2.09. The molecule has 90 valence electrons. The summed E-state index contributed by atoms with van der Waals surface area (Å²) in [6, 6.07) is 4.15. The van der Waals surface area contributed by atoms with E-state index >= 15 is 0 Å². The Kier molecular flexibility index (Phi) is 5.95. The predicted molar refractivity (Wildman–Crippen MR) is 75.8 cm³/mol. The highest BCUT2D eigenvalue weighted by atomic mass is 32.2. The summed E-state index contributed by atoms with van der Waals surface area (Å²) in [4.78, 5) is 4.26. The van der Waals surface area contributed by atoms with E-state index in [1.54, 1.807) is 0 Å².